The van der Waals surface area contributed by atoms with Crippen molar-refractivity contribution in [3.05, 3.63) is 33.6 Å². The van der Waals surface area contributed by atoms with E-state index in [1.54, 1.807) is 0 Å². The quantitative estimate of drug-likeness (QED) is 0.746. The number of aliphatic hydroxyl groups is 1. The molecule has 0 saturated carbocycles. The highest BCUT2D eigenvalue weighted by molar-refractivity contribution is 6.36. The number of halogens is 3. The van der Waals surface area contributed by atoms with Gasteiger partial charge in [0.2, 0.25) is 0 Å². The molecule has 1 aromatic rings. The third-order valence-electron chi connectivity index (χ3n) is 3.41. The first-order valence-corrected chi connectivity index (χ1v) is 7.02. The highest BCUT2D eigenvalue weighted by Gasteiger charge is 2.33. The molecule has 20 heavy (non-hydrogen) atoms. The zero-order chi connectivity index (χ0) is 14.8. The number of amides is 1. The van der Waals surface area contributed by atoms with Crippen molar-refractivity contribution < 1.29 is 14.3 Å². The van der Waals surface area contributed by atoms with Gasteiger partial charge in [0.25, 0.3) is 5.91 Å². The van der Waals surface area contributed by atoms with Crippen LogP contribution in [0.3, 0.4) is 0 Å². The molecular weight excluding hydrogens is 306 g/mol. The number of nitrogens with one attached hydrogen (secondary N) is 2. The Morgan fingerprint density at radius 1 is 1.45 bits per heavy atom. The van der Waals surface area contributed by atoms with Crippen molar-refractivity contribution in [3.8, 4) is 0 Å². The molecule has 2 rings (SSSR count). The van der Waals surface area contributed by atoms with E-state index in [0.717, 1.165) is 19.0 Å². The number of hydrogen-bond acceptors (Lipinski definition) is 3. The number of carbonyl (C=O) groups is 1. The summed E-state index contributed by atoms with van der Waals surface area (Å²) in [7, 11) is 0. The van der Waals surface area contributed by atoms with Crippen LogP contribution in [0.2, 0.25) is 10.0 Å². The van der Waals surface area contributed by atoms with E-state index < -0.39 is 17.3 Å². The average molecular weight is 321 g/mol. The summed E-state index contributed by atoms with van der Waals surface area (Å²) in [5.74, 6) is -1.23. The molecule has 0 radical (unpaired) electrons. The van der Waals surface area contributed by atoms with Gasteiger partial charge in [-0.2, -0.15) is 0 Å². The van der Waals surface area contributed by atoms with Gasteiger partial charge < -0.3 is 15.7 Å². The summed E-state index contributed by atoms with van der Waals surface area (Å²) >= 11 is 11.5. The van der Waals surface area contributed by atoms with Crippen LogP contribution in [0, 0.1) is 5.82 Å². The van der Waals surface area contributed by atoms with Crippen LogP contribution in [0.25, 0.3) is 0 Å². The smallest absolute Gasteiger partial charge is 0.253 e. The molecule has 0 aromatic heterocycles. The minimum atomic E-state index is -0.741. The molecule has 1 aliphatic heterocycles. The number of carbonyl (C=O) groups excluding carboxylic acids is 1. The highest BCUT2D eigenvalue weighted by atomic mass is 35.5. The molecular formula is C13H15Cl2FN2O2. The molecule has 1 amide bonds. The predicted octanol–water partition coefficient (Wildman–Crippen LogP) is 1.98. The molecule has 1 heterocycles. The Morgan fingerprint density at radius 2 is 2.20 bits per heavy atom. The maximum Gasteiger partial charge on any atom is 0.253 e. The molecule has 1 fully saturated rings. The van der Waals surface area contributed by atoms with Gasteiger partial charge in [-0.15, -0.1) is 0 Å². The van der Waals surface area contributed by atoms with Crippen molar-refractivity contribution in [1.82, 2.24) is 10.6 Å². The molecule has 0 bridgehead atoms. The minimum absolute atomic E-state index is 0.00645. The van der Waals surface area contributed by atoms with Gasteiger partial charge >= 0.3 is 0 Å². The monoisotopic (exact) mass is 320 g/mol. The molecule has 4 nitrogen and oxygen atoms in total. The van der Waals surface area contributed by atoms with Crippen LogP contribution in [0.5, 0.6) is 0 Å². The van der Waals surface area contributed by atoms with Crippen LogP contribution in [0.4, 0.5) is 4.39 Å². The maximum absolute atomic E-state index is 13.4. The largest absolute Gasteiger partial charge is 0.394 e. The summed E-state index contributed by atoms with van der Waals surface area (Å²) in [6.45, 7) is 1.11. The SMILES string of the molecule is O=C(NC1(CO)CCCNC1)c1cc(F)c(Cl)cc1Cl. The fraction of sp³-hybridized carbons (Fsp3) is 0.462. The van der Waals surface area contributed by atoms with Crippen LogP contribution in [-0.4, -0.2) is 36.2 Å². The highest BCUT2D eigenvalue weighted by Crippen LogP contribution is 2.25. The van der Waals surface area contributed by atoms with Gasteiger partial charge in [-0.05, 0) is 31.5 Å². The van der Waals surface area contributed by atoms with Crippen LogP contribution < -0.4 is 10.6 Å². The van der Waals surface area contributed by atoms with Crippen LogP contribution in [-0.2, 0) is 0 Å². The third kappa shape index (κ3) is 3.23. The van der Waals surface area contributed by atoms with E-state index in [9.17, 15) is 14.3 Å². The van der Waals surface area contributed by atoms with Crippen LogP contribution in [0.1, 0.15) is 23.2 Å². The lowest BCUT2D eigenvalue weighted by molar-refractivity contribution is 0.0785. The standard InChI is InChI=1S/C13H15Cl2FN2O2/c14-9-5-10(15)11(16)4-8(9)12(20)18-13(7-19)2-1-3-17-6-13/h4-5,17,19H,1-3,6-7H2,(H,18,20). The average Bonchev–Trinajstić information content (AvgIpc) is 2.43. The fourth-order valence-electron chi connectivity index (χ4n) is 2.25. The second kappa shape index (κ2) is 6.26. The van der Waals surface area contributed by atoms with E-state index in [0.29, 0.717) is 13.0 Å². The summed E-state index contributed by atoms with van der Waals surface area (Å²) < 4.78 is 13.4. The minimum Gasteiger partial charge on any atom is -0.394 e. The van der Waals surface area contributed by atoms with E-state index in [4.69, 9.17) is 23.2 Å². The zero-order valence-corrected chi connectivity index (χ0v) is 12.2. The van der Waals surface area contributed by atoms with Crippen molar-refractivity contribution in [2.24, 2.45) is 0 Å². The summed E-state index contributed by atoms with van der Waals surface area (Å²) in [5, 5.41) is 15.3. The lowest BCUT2D eigenvalue weighted by atomic mass is 9.90. The molecule has 0 spiro atoms. The van der Waals surface area contributed by atoms with Crippen LogP contribution in [0.15, 0.2) is 12.1 Å². The molecule has 3 N–H and O–H groups in total. The second-order valence-electron chi connectivity index (χ2n) is 4.92. The lowest BCUT2D eigenvalue weighted by Crippen LogP contribution is -2.60. The van der Waals surface area contributed by atoms with E-state index in [1.165, 1.54) is 6.07 Å². The Hall–Kier alpha value is -0.880. The Kier molecular flexibility index (Phi) is 4.86. The van der Waals surface area contributed by atoms with Crippen molar-refractivity contribution in [1.29, 1.82) is 0 Å². The molecule has 110 valence electrons. The molecule has 0 aliphatic carbocycles. The molecule has 1 atom stereocenters. The third-order valence-corrected chi connectivity index (χ3v) is 4.01. The van der Waals surface area contributed by atoms with E-state index >= 15 is 0 Å². The normalized spacial score (nSPS) is 22.6. The van der Waals surface area contributed by atoms with Crippen molar-refractivity contribution in [2.75, 3.05) is 19.7 Å². The summed E-state index contributed by atoms with van der Waals surface area (Å²) in [6.07, 6.45) is 1.49. The zero-order valence-electron chi connectivity index (χ0n) is 10.7. The topological polar surface area (TPSA) is 61.4 Å². The maximum atomic E-state index is 13.4. The molecule has 1 unspecified atom stereocenters. The Bertz CT molecular complexity index is 519. The second-order valence-corrected chi connectivity index (χ2v) is 5.73. The van der Waals surface area contributed by atoms with Crippen LogP contribution >= 0.6 is 23.2 Å². The van der Waals surface area contributed by atoms with Crippen molar-refractivity contribution in [3.63, 3.8) is 0 Å². The first-order chi connectivity index (χ1) is 9.47. The van der Waals surface area contributed by atoms with Gasteiger partial charge in [-0.25, -0.2) is 4.39 Å². The van der Waals surface area contributed by atoms with Gasteiger partial charge in [-0.1, -0.05) is 23.2 Å². The predicted molar refractivity (Wildman–Crippen MR) is 75.8 cm³/mol. The van der Waals surface area contributed by atoms with Crippen molar-refractivity contribution >= 4 is 29.1 Å². The van der Waals surface area contributed by atoms with Gasteiger partial charge in [0.15, 0.2) is 0 Å². The van der Waals surface area contributed by atoms with E-state index in [-0.39, 0.29) is 22.2 Å². The molecule has 1 saturated heterocycles. The first kappa shape index (κ1) is 15.5. The Balaban J connectivity index is 2.21. The molecule has 7 heteroatoms. The van der Waals surface area contributed by atoms with Gasteiger partial charge in [-0.3, -0.25) is 4.79 Å². The van der Waals surface area contributed by atoms with Crippen molar-refractivity contribution in [2.45, 2.75) is 18.4 Å². The number of aliphatic hydroxyl groups excluding tert-OH is 1. The summed E-state index contributed by atoms with van der Waals surface area (Å²) in [5.41, 5.74) is -0.735. The lowest BCUT2D eigenvalue weighted by Gasteiger charge is -2.37. The first-order valence-electron chi connectivity index (χ1n) is 6.26. The van der Waals surface area contributed by atoms with E-state index in [2.05, 4.69) is 10.6 Å². The number of benzene rings is 1. The number of piperidine rings is 1. The fourth-order valence-corrected chi connectivity index (χ4v) is 2.72. The Labute approximate surface area is 126 Å². The number of hydrogen-bond donors (Lipinski definition) is 3. The molecule has 1 aliphatic rings. The summed E-state index contributed by atoms with van der Waals surface area (Å²) in [6, 6.07) is 2.19. The van der Waals surface area contributed by atoms with Gasteiger partial charge in [0.1, 0.15) is 5.82 Å². The Morgan fingerprint density at radius 3 is 2.80 bits per heavy atom. The summed E-state index contributed by atoms with van der Waals surface area (Å²) in [4.78, 5) is 12.2. The molecule has 1 aromatic carbocycles. The van der Waals surface area contributed by atoms with Gasteiger partial charge in [0.05, 0.1) is 27.8 Å². The van der Waals surface area contributed by atoms with Gasteiger partial charge in [0, 0.05) is 6.54 Å². The van der Waals surface area contributed by atoms with E-state index in [1.807, 2.05) is 0 Å². The number of rotatable bonds is 3.